The minimum Gasteiger partial charge on any atom is -0.207 e. The third-order valence-corrected chi connectivity index (χ3v) is 4.58. The molecule has 0 aliphatic heterocycles. The van der Waals surface area contributed by atoms with Crippen molar-refractivity contribution in [2.75, 3.05) is 0 Å². The van der Waals surface area contributed by atoms with E-state index in [9.17, 15) is 8.42 Å². The van der Waals surface area contributed by atoms with Crippen LogP contribution in [0.1, 0.15) is 6.92 Å². The second kappa shape index (κ2) is 4.66. The van der Waals surface area contributed by atoms with E-state index in [2.05, 4.69) is 13.5 Å². The highest BCUT2D eigenvalue weighted by Crippen LogP contribution is 2.27. The van der Waals surface area contributed by atoms with Crippen molar-refractivity contribution in [3.05, 3.63) is 17.2 Å². The molecule has 1 heterocycles. The Balaban J connectivity index is 2.64. The van der Waals surface area contributed by atoms with E-state index in [-0.39, 0.29) is 10.4 Å². The maximum absolute atomic E-state index is 12.0. The van der Waals surface area contributed by atoms with Gasteiger partial charge in [-0.15, -0.1) is 11.6 Å². The second-order valence-electron chi connectivity index (χ2n) is 3.24. The van der Waals surface area contributed by atoms with Crippen molar-refractivity contribution in [3.8, 4) is 0 Å². The number of fused-ring (bicyclic) bond motifs is 1. The summed E-state index contributed by atoms with van der Waals surface area (Å²) in [5.74, 6) is 0. The topological polar surface area (TPSA) is 72.0 Å². The Kier molecular flexibility index (Phi) is 3.55. The maximum atomic E-state index is 12.0. The van der Waals surface area contributed by atoms with Crippen molar-refractivity contribution in [2.24, 2.45) is 0 Å². The molecule has 1 aromatic carbocycles. The summed E-state index contributed by atoms with van der Waals surface area (Å²) in [5, 5.41) is 0.367. The number of alkyl halides is 1. The van der Waals surface area contributed by atoms with Crippen LogP contribution in [0.2, 0.25) is 5.02 Å². The molecular weight excluding hydrogens is 305 g/mol. The molecule has 0 fully saturated rings. The Morgan fingerprint density at radius 2 is 2.00 bits per heavy atom. The SMILES string of the molecule is CC(Cl)NS(=O)(=O)c1ccc(Cl)c2nsnc12. The summed E-state index contributed by atoms with van der Waals surface area (Å²) in [6, 6.07) is 2.85. The number of sulfonamides is 1. The molecule has 2 aromatic rings. The van der Waals surface area contributed by atoms with E-state index in [0.29, 0.717) is 10.5 Å². The minimum atomic E-state index is -3.71. The first-order valence-electron chi connectivity index (χ1n) is 4.49. The van der Waals surface area contributed by atoms with Crippen LogP contribution < -0.4 is 4.72 Å². The molecule has 0 saturated carbocycles. The van der Waals surface area contributed by atoms with Crippen molar-refractivity contribution >= 4 is 56.0 Å². The van der Waals surface area contributed by atoms with Crippen molar-refractivity contribution in [3.63, 3.8) is 0 Å². The number of rotatable bonds is 3. The molecular formula is C8H7Cl2N3O2S2. The van der Waals surface area contributed by atoms with Gasteiger partial charge in [-0.25, -0.2) is 8.42 Å². The van der Waals surface area contributed by atoms with Gasteiger partial charge in [0.25, 0.3) is 0 Å². The van der Waals surface area contributed by atoms with Crippen LogP contribution in [0.25, 0.3) is 11.0 Å². The molecule has 0 aliphatic rings. The van der Waals surface area contributed by atoms with E-state index >= 15 is 0 Å². The molecule has 92 valence electrons. The lowest BCUT2D eigenvalue weighted by Gasteiger charge is -2.08. The predicted octanol–water partition coefficient (Wildman–Crippen LogP) is 2.21. The van der Waals surface area contributed by atoms with Crippen LogP contribution in [0, 0.1) is 0 Å². The van der Waals surface area contributed by atoms with Gasteiger partial charge in [0.15, 0.2) is 0 Å². The summed E-state index contributed by atoms with van der Waals surface area (Å²) >= 11 is 12.4. The van der Waals surface area contributed by atoms with Crippen LogP contribution in [-0.2, 0) is 10.0 Å². The van der Waals surface area contributed by atoms with Gasteiger partial charge in [-0.1, -0.05) is 11.6 Å². The molecule has 0 saturated heterocycles. The normalized spacial score (nSPS) is 14.1. The van der Waals surface area contributed by atoms with E-state index < -0.39 is 15.5 Å². The Morgan fingerprint density at radius 1 is 1.35 bits per heavy atom. The number of halogens is 2. The van der Waals surface area contributed by atoms with Gasteiger partial charge in [0.1, 0.15) is 15.9 Å². The van der Waals surface area contributed by atoms with E-state index in [1.165, 1.54) is 19.1 Å². The average Bonchev–Trinajstić information content (AvgIpc) is 2.64. The van der Waals surface area contributed by atoms with Crippen molar-refractivity contribution in [1.82, 2.24) is 13.5 Å². The quantitative estimate of drug-likeness (QED) is 0.697. The standard InChI is InChI=1S/C8H7Cl2N3O2S2/c1-4(9)13-17(14,15)6-3-2-5(10)7-8(6)12-16-11-7/h2-4,13H,1H3. The molecule has 1 unspecified atom stereocenters. The van der Waals surface area contributed by atoms with Crippen molar-refractivity contribution in [1.29, 1.82) is 0 Å². The number of nitrogens with zero attached hydrogens (tertiary/aromatic N) is 2. The molecule has 0 radical (unpaired) electrons. The molecule has 2 rings (SSSR count). The zero-order valence-electron chi connectivity index (χ0n) is 8.52. The maximum Gasteiger partial charge on any atom is 0.244 e. The smallest absolute Gasteiger partial charge is 0.207 e. The first-order valence-corrected chi connectivity index (χ1v) is 7.52. The summed E-state index contributed by atoms with van der Waals surface area (Å²) in [6.07, 6.45) is 0. The third-order valence-electron chi connectivity index (χ3n) is 1.94. The number of hydrogen-bond donors (Lipinski definition) is 1. The molecule has 0 amide bonds. The van der Waals surface area contributed by atoms with Crippen LogP contribution in [0.4, 0.5) is 0 Å². The van der Waals surface area contributed by atoms with E-state index in [0.717, 1.165) is 11.7 Å². The summed E-state index contributed by atoms with van der Waals surface area (Å²) in [6.45, 7) is 1.52. The number of aromatic nitrogens is 2. The Labute approximate surface area is 112 Å². The predicted molar refractivity (Wildman–Crippen MR) is 68.1 cm³/mol. The zero-order valence-corrected chi connectivity index (χ0v) is 11.7. The van der Waals surface area contributed by atoms with Gasteiger partial charge < -0.3 is 0 Å². The number of nitrogens with one attached hydrogen (secondary N) is 1. The Morgan fingerprint density at radius 3 is 2.65 bits per heavy atom. The van der Waals surface area contributed by atoms with Crippen LogP contribution in [-0.4, -0.2) is 22.7 Å². The third kappa shape index (κ3) is 2.53. The second-order valence-corrected chi connectivity index (χ2v) is 6.52. The molecule has 1 aromatic heterocycles. The fourth-order valence-corrected chi connectivity index (χ4v) is 3.73. The molecule has 1 atom stereocenters. The van der Waals surface area contributed by atoms with Gasteiger partial charge in [0, 0.05) is 0 Å². The highest BCUT2D eigenvalue weighted by atomic mass is 35.5. The largest absolute Gasteiger partial charge is 0.244 e. The molecule has 0 aliphatic carbocycles. The summed E-state index contributed by atoms with van der Waals surface area (Å²) in [5.41, 5.74) is -0.0774. The lowest BCUT2D eigenvalue weighted by molar-refractivity contribution is 0.581. The van der Waals surface area contributed by atoms with Crippen LogP contribution in [0.15, 0.2) is 17.0 Å². The van der Waals surface area contributed by atoms with E-state index in [1.807, 2.05) is 0 Å². The van der Waals surface area contributed by atoms with Crippen LogP contribution in [0.5, 0.6) is 0 Å². The summed E-state index contributed by atoms with van der Waals surface area (Å²) < 4.78 is 34.1. The lowest BCUT2D eigenvalue weighted by Crippen LogP contribution is -2.28. The van der Waals surface area contributed by atoms with Gasteiger partial charge in [0.2, 0.25) is 10.0 Å². The van der Waals surface area contributed by atoms with Crippen LogP contribution in [0.3, 0.4) is 0 Å². The van der Waals surface area contributed by atoms with Gasteiger partial charge in [-0.2, -0.15) is 13.5 Å². The minimum absolute atomic E-state index is 0.0261. The van der Waals surface area contributed by atoms with Crippen molar-refractivity contribution < 1.29 is 8.42 Å². The van der Waals surface area contributed by atoms with Gasteiger partial charge in [-0.05, 0) is 19.1 Å². The summed E-state index contributed by atoms with van der Waals surface area (Å²) in [4.78, 5) is 0.0261. The molecule has 9 heteroatoms. The number of benzene rings is 1. The molecule has 0 bridgehead atoms. The molecule has 17 heavy (non-hydrogen) atoms. The zero-order chi connectivity index (χ0) is 12.6. The highest BCUT2D eigenvalue weighted by Gasteiger charge is 2.22. The first-order chi connectivity index (χ1) is 7.92. The van der Waals surface area contributed by atoms with Gasteiger partial charge in [0.05, 0.1) is 22.3 Å². The lowest BCUT2D eigenvalue weighted by atomic mass is 10.3. The first kappa shape index (κ1) is 13.0. The molecule has 0 spiro atoms. The average molecular weight is 312 g/mol. The highest BCUT2D eigenvalue weighted by molar-refractivity contribution is 7.89. The summed E-state index contributed by atoms with van der Waals surface area (Å²) in [7, 11) is -3.71. The van der Waals surface area contributed by atoms with Gasteiger partial charge in [-0.3, -0.25) is 0 Å². The Hall–Kier alpha value is -0.470. The van der Waals surface area contributed by atoms with Crippen LogP contribution >= 0.6 is 34.9 Å². The van der Waals surface area contributed by atoms with Crippen molar-refractivity contribution in [2.45, 2.75) is 17.3 Å². The fraction of sp³-hybridized carbons (Fsp3) is 0.250. The van der Waals surface area contributed by atoms with E-state index in [1.54, 1.807) is 0 Å². The monoisotopic (exact) mass is 311 g/mol. The molecule has 5 nitrogen and oxygen atoms in total. The number of hydrogen-bond acceptors (Lipinski definition) is 5. The molecule has 1 N–H and O–H groups in total. The van der Waals surface area contributed by atoms with Gasteiger partial charge >= 0.3 is 0 Å². The van der Waals surface area contributed by atoms with E-state index in [4.69, 9.17) is 23.2 Å². The fourth-order valence-electron chi connectivity index (χ4n) is 1.31. The Bertz CT molecular complexity index is 654.